The Balaban J connectivity index is 1.77. The fraction of sp³-hybridized carbons (Fsp3) is 0.304. The van der Waals surface area contributed by atoms with Gasteiger partial charge in [0.1, 0.15) is 24.1 Å². The highest BCUT2D eigenvalue weighted by atomic mass is 16.6. The fourth-order valence-electron chi connectivity index (χ4n) is 4.16. The number of carbonyl (C=O) groups is 2. The topological polar surface area (TPSA) is 68.3 Å². The van der Waals surface area contributed by atoms with E-state index in [1.165, 1.54) is 4.90 Å². The number of benzene rings is 2. The molecule has 2 aliphatic rings. The first kappa shape index (κ1) is 19.6. The molecule has 2 aromatic rings. The molecule has 154 valence electrons. The molecule has 0 radical (unpaired) electrons. The zero-order valence-electron chi connectivity index (χ0n) is 16.8. The number of β-lactam (4-membered cyclic amide) rings is 1. The van der Waals surface area contributed by atoms with Crippen LogP contribution in [0.3, 0.4) is 0 Å². The van der Waals surface area contributed by atoms with Crippen molar-refractivity contribution < 1.29 is 23.8 Å². The van der Waals surface area contributed by atoms with Crippen LogP contribution in [-0.2, 0) is 9.53 Å². The van der Waals surface area contributed by atoms with Crippen LogP contribution in [0, 0.1) is 12.3 Å². The number of carbonyl (C=O) groups excluding carboxylic acids is 2. The summed E-state index contributed by atoms with van der Waals surface area (Å²) in [4.78, 5) is 28.9. The van der Waals surface area contributed by atoms with Gasteiger partial charge in [0, 0.05) is 5.56 Å². The van der Waals surface area contributed by atoms with Gasteiger partial charge in [-0.15, -0.1) is 6.42 Å². The lowest BCUT2D eigenvalue weighted by Gasteiger charge is -2.50. The summed E-state index contributed by atoms with van der Waals surface area (Å²) in [5.74, 6) is 3.52. The van der Waals surface area contributed by atoms with Gasteiger partial charge in [-0.05, 0) is 23.8 Å². The molecule has 4 rings (SSSR count). The molecule has 2 aliphatic heterocycles. The van der Waals surface area contributed by atoms with Gasteiger partial charge in [-0.1, -0.05) is 36.3 Å². The Labute approximate surface area is 175 Å². The Kier molecular flexibility index (Phi) is 5.23. The van der Waals surface area contributed by atoms with E-state index < -0.39 is 18.2 Å². The number of hydrogen-bond acceptors (Lipinski definition) is 5. The molecule has 0 aromatic heterocycles. The third kappa shape index (κ3) is 3.11. The van der Waals surface area contributed by atoms with Gasteiger partial charge in [-0.3, -0.25) is 9.69 Å². The minimum Gasteiger partial charge on any atom is -0.497 e. The molecule has 2 aromatic carbocycles. The van der Waals surface area contributed by atoms with Gasteiger partial charge in [0.25, 0.3) is 0 Å². The van der Waals surface area contributed by atoms with Crippen molar-refractivity contribution in [3.8, 4) is 23.8 Å². The number of likely N-dealkylation sites (tertiary alicyclic amines) is 1. The average molecular weight is 406 g/mol. The standard InChI is InChI=1S/C23H22N2O5/c1-4-12-24-20(17-13-16(28-2)10-11-19(17)29-3)21(22(24)26)25-18(14-30-23(25)27)15-8-6-5-7-9-15/h1,5-11,13,18,20-21H,12,14H2,2-3H3/t18-,20-,21+/m1/s1. The van der Waals surface area contributed by atoms with E-state index >= 15 is 0 Å². The highest BCUT2D eigenvalue weighted by Crippen LogP contribution is 2.46. The average Bonchev–Trinajstić information content (AvgIpc) is 3.16. The quantitative estimate of drug-likeness (QED) is 0.545. The number of terminal acetylenes is 1. The van der Waals surface area contributed by atoms with Gasteiger partial charge >= 0.3 is 6.09 Å². The number of cyclic esters (lactones) is 1. The fourth-order valence-corrected chi connectivity index (χ4v) is 4.16. The van der Waals surface area contributed by atoms with E-state index in [1.54, 1.807) is 31.3 Å². The summed E-state index contributed by atoms with van der Waals surface area (Å²) >= 11 is 0. The lowest BCUT2D eigenvalue weighted by molar-refractivity contribution is -0.157. The molecule has 2 fully saturated rings. The van der Waals surface area contributed by atoms with Crippen molar-refractivity contribution in [1.82, 2.24) is 9.80 Å². The van der Waals surface area contributed by atoms with Gasteiger partial charge in [0.2, 0.25) is 5.91 Å². The number of rotatable bonds is 6. The third-order valence-electron chi connectivity index (χ3n) is 5.58. The van der Waals surface area contributed by atoms with Crippen molar-refractivity contribution >= 4 is 12.0 Å². The smallest absolute Gasteiger partial charge is 0.411 e. The molecule has 0 spiro atoms. The largest absolute Gasteiger partial charge is 0.497 e. The van der Waals surface area contributed by atoms with Crippen LogP contribution in [0.25, 0.3) is 0 Å². The highest BCUT2D eigenvalue weighted by Gasteiger charge is 2.57. The Hall–Kier alpha value is -3.66. The second kappa shape index (κ2) is 7.99. The maximum atomic E-state index is 13.1. The van der Waals surface area contributed by atoms with Crippen LogP contribution in [0.1, 0.15) is 23.2 Å². The molecule has 3 atom stereocenters. The molecule has 7 heteroatoms. The third-order valence-corrected chi connectivity index (χ3v) is 5.58. The van der Waals surface area contributed by atoms with Crippen LogP contribution in [0.15, 0.2) is 48.5 Å². The number of nitrogens with zero attached hydrogens (tertiary/aromatic N) is 2. The van der Waals surface area contributed by atoms with E-state index in [2.05, 4.69) is 5.92 Å². The van der Waals surface area contributed by atoms with Crippen LogP contribution in [0.5, 0.6) is 11.5 Å². The van der Waals surface area contributed by atoms with Crippen LogP contribution in [0.4, 0.5) is 4.79 Å². The minimum atomic E-state index is -0.750. The molecule has 7 nitrogen and oxygen atoms in total. The van der Waals surface area contributed by atoms with Crippen molar-refractivity contribution in [3.05, 3.63) is 59.7 Å². The lowest BCUT2D eigenvalue weighted by Crippen LogP contribution is -2.66. The van der Waals surface area contributed by atoms with Gasteiger partial charge in [0.15, 0.2) is 0 Å². The predicted molar refractivity (Wildman–Crippen MR) is 109 cm³/mol. The molecule has 0 unspecified atom stereocenters. The molecule has 2 heterocycles. The van der Waals surface area contributed by atoms with Crippen LogP contribution in [0.2, 0.25) is 0 Å². The van der Waals surface area contributed by atoms with Gasteiger partial charge < -0.3 is 19.1 Å². The number of methoxy groups -OCH3 is 2. The SMILES string of the molecule is C#CCN1C(=O)[C@@H](N2C(=O)OC[C@@H]2c2ccccc2)[C@H]1c1cc(OC)ccc1OC. The van der Waals surface area contributed by atoms with Gasteiger partial charge in [-0.25, -0.2) is 4.79 Å². The summed E-state index contributed by atoms with van der Waals surface area (Å²) in [5, 5.41) is 0. The monoisotopic (exact) mass is 406 g/mol. The van der Waals surface area contributed by atoms with Crippen LogP contribution < -0.4 is 9.47 Å². The van der Waals surface area contributed by atoms with Gasteiger partial charge in [-0.2, -0.15) is 0 Å². The number of amides is 2. The van der Waals surface area contributed by atoms with E-state index in [9.17, 15) is 9.59 Å². The Bertz CT molecular complexity index is 1000. The van der Waals surface area contributed by atoms with Crippen molar-refractivity contribution in [2.75, 3.05) is 27.4 Å². The van der Waals surface area contributed by atoms with Crippen LogP contribution >= 0.6 is 0 Å². The molecule has 0 saturated carbocycles. The van der Waals surface area contributed by atoms with Gasteiger partial charge in [0.05, 0.1) is 32.8 Å². The zero-order valence-corrected chi connectivity index (χ0v) is 16.8. The maximum absolute atomic E-state index is 13.1. The maximum Gasteiger partial charge on any atom is 0.411 e. The van der Waals surface area contributed by atoms with Crippen molar-refractivity contribution in [2.24, 2.45) is 0 Å². The first-order valence-corrected chi connectivity index (χ1v) is 9.56. The first-order valence-electron chi connectivity index (χ1n) is 9.56. The Morgan fingerprint density at radius 2 is 1.87 bits per heavy atom. The minimum absolute atomic E-state index is 0.124. The lowest BCUT2D eigenvalue weighted by atomic mass is 9.85. The Morgan fingerprint density at radius 1 is 1.10 bits per heavy atom. The zero-order chi connectivity index (χ0) is 21.3. The van der Waals surface area contributed by atoms with Crippen molar-refractivity contribution in [1.29, 1.82) is 0 Å². The summed E-state index contributed by atoms with van der Waals surface area (Å²) in [6.45, 7) is 0.309. The van der Waals surface area contributed by atoms with E-state index in [1.807, 2.05) is 36.4 Å². The van der Waals surface area contributed by atoms with Crippen molar-refractivity contribution in [2.45, 2.75) is 18.1 Å². The molecule has 0 N–H and O–H groups in total. The Morgan fingerprint density at radius 3 is 2.53 bits per heavy atom. The molecular formula is C23H22N2O5. The normalized spacial score (nSPS) is 22.9. The predicted octanol–water partition coefficient (Wildman–Crippen LogP) is 2.78. The van der Waals surface area contributed by atoms with E-state index in [4.69, 9.17) is 20.6 Å². The summed E-state index contributed by atoms with van der Waals surface area (Å²) in [6, 6.07) is 13.3. The second-order valence-corrected chi connectivity index (χ2v) is 7.08. The molecule has 30 heavy (non-hydrogen) atoms. The summed E-state index contributed by atoms with van der Waals surface area (Å²) in [6.07, 6.45) is 4.99. The molecule has 0 bridgehead atoms. The number of ether oxygens (including phenoxy) is 3. The van der Waals surface area contributed by atoms with E-state index in [-0.39, 0.29) is 25.1 Å². The first-order chi connectivity index (χ1) is 14.6. The summed E-state index contributed by atoms with van der Waals surface area (Å²) in [5.41, 5.74) is 1.63. The summed E-state index contributed by atoms with van der Waals surface area (Å²) in [7, 11) is 3.13. The van der Waals surface area contributed by atoms with Crippen molar-refractivity contribution in [3.63, 3.8) is 0 Å². The number of hydrogen-bond donors (Lipinski definition) is 0. The molecular weight excluding hydrogens is 384 g/mol. The molecule has 0 aliphatic carbocycles. The van der Waals surface area contributed by atoms with Crippen LogP contribution in [-0.4, -0.2) is 55.2 Å². The van der Waals surface area contributed by atoms with E-state index in [0.717, 1.165) is 11.1 Å². The summed E-state index contributed by atoms with van der Waals surface area (Å²) < 4.78 is 16.2. The van der Waals surface area contributed by atoms with E-state index in [0.29, 0.717) is 11.5 Å². The molecule has 2 saturated heterocycles. The second-order valence-electron chi connectivity index (χ2n) is 7.08. The highest BCUT2D eigenvalue weighted by molar-refractivity contribution is 5.94. The molecule has 2 amide bonds.